The van der Waals surface area contributed by atoms with Gasteiger partial charge in [-0.1, -0.05) is 6.92 Å². The third-order valence-electron chi connectivity index (χ3n) is 3.29. The largest absolute Gasteiger partial charge is 0.395 e. The third-order valence-corrected chi connectivity index (χ3v) is 3.29. The summed E-state index contributed by atoms with van der Waals surface area (Å²) in [6.45, 7) is 7.01. The molecule has 0 aromatic carbocycles. The number of ether oxygens (including phenoxy) is 1. The predicted octanol–water partition coefficient (Wildman–Crippen LogP) is 0.315. The maximum atomic E-state index is 9.03. The van der Waals surface area contributed by atoms with E-state index < -0.39 is 0 Å². The van der Waals surface area contributed by atoms with E-state index in [9.17, 15) is 0 Å². The zero-order valence-corrected chi connectivity index (χ0v) is 10.6. The van der Waals surface area contributed by atoms with E-state index in [0.29, 0.717) is 12.0 Å². The molecule has 1 heterocycles. The van der Waals surface area contributed by atoms with Gasteiger partial charge < -0.3 is 20.1 Å². The number of aliphatic hydroxyl groups is 1. The highest BCUT2D eigenvalue weighted by Gasteiger charge is 2.25. The summed E-state index contributed by atoms with van der Waals surface area (Å²) in [5.41, 5.74) is 0. The van der Waals surface area contributed by atoms with Crippen LogP contribution < -0.4 is 5.32 Å². The zero-order chi connectivity index (χ0) is 11.8. The lowest BCUT2D eigenvalue weighted by Gasteiger charge is -2.35. The van der Waals surface area contributed by atoms with Gasteiger partial charge in [0, 0.05) is 31.7 Å². The summed E-state index contributed by atoms with van der Waals surface area (Å²) in [5, 5.41) is 12.4. The molecule has 2 atom stereocenters. The molecule has 0 spiro atoms. The molecule has 1 saturated heterocycles. The van der Waals surface area contributed by atoms with Crippen molar-refractivity contribution >= 4 is 0 Å². The molecule has 1 aliphatic heterocycles. The van der Waals surface area contributed by atoms with Crippen LogP contribution in [0.5, 0.6) is 0 Å². The fourth-order valence-electron chi connectivity index (χ4n) is 2.44. The van der Waals surface area contributed by atoms with Crippen LogP contribution in [0.3, 0.4) is 0 Å². The molecule has 1 rings (SSSR count). The molecule has 0 amide bonds. The van der Waals surface area contributed by atoms with Crippen LogP contribution in [0.4, 0.5) is 0 Å². The minimum absolute atomic E-state index is 0.248. The van der Waals surface area contributed by atoms with Crippen LogP contribution in [0.15, 0.2) is 0 Å². The number of nitrogens with zero attached hydrogens (tertiary/aromatic N) is 1. The van der Waals surface area contributed by atoms with Crippen molar-refractivity contribution in [3.8, 4) is 0 Å². The highest BCUT2D eigenvalue weighted by atomic mass is 16.5. The Kier molecular flexibility index (Phi) is 6.96. The van der Waals surface area contributed by atoms with E-state index in [1.165, 1.54) is 0 Å². The maximum absolute atomic E-state index is 9.03. The van der Waals surface area contributed by atoms with E-state index in [1.807, 2.05) is 7.05 Å². The van der Waals surface area contributed by atoms with Crippen LogP contribution in [0, 0.1) is 5.92 Å². The number of rotatable bonds is 7. The van der Waals surface area contributed by atoms with Crippen LogP contribution >= 0.6 is 0 Å². The molecule has 0 aromatic heterocycles. The van der Waals surface area contributed by atoms with Gasteiger partial charge in [-0.25, -0.2) is 0 Å². The second-order valence-corrected chi connectivity index (χ2v) is 4.54. The van der Waals surface area contributed by atoms with Crippen LogP contribution in [-0.4, -0.2) is 62.6 Å². The Bertz CT molecular complexity index is 172. The molecule has 1 fully saturated rings. The van der Waals surface area contributed by atoms with E-state index in [-0.39, 0.29) is 6.61 Å². The van der Waals surface area contributed by atoms with Gasteiger partial charge in [0.1, 0.15) is 0 Å². The summed E-state index contributed by atoms with van der Waals surface area (Å²) < 4.78 is 5.54. The van der Waals surface area contributed by atoms with E-state index >= 15 is 0 Å². The van der Waals surface area contributed by atoms with Crippen molar-refractivity contribution < 1.29 is 9.84 Å². The van der Waals surface area contributed by atoms with Crippen molar-refractivity contribution in [2.45, 2.75) is 25.8 Å². The molecule has 0 bridgehead atoms. The summed E-state index contributed by atoms with van der Waals surface area (Å²) in [6.07, 6.45) is 2.23. The zero-order valence-electron chi connectivity index (χ0n) is 10.6. The second-order valence-electron chi connectivity index (χ2n) is 4.54. The van der Waals surface area contributed by atoms with Gasteiger partial charge in [-0.3, -0.25) is 0 Å². The highest BCUT2D eigenvalue weighted by Crippen LogP contribution is 2.16. The Balaban J connectivity index is 2.40. The predicted molar refractivity (Wildman–Crippen MR) is 65.6 cm³/mol. The standard InChI is InChI=1S/C12H26N2O2/c1-3-5-14(6-7-15)9-11-10-16-8-4-12(11)13-2/h11-13,15H,3-10H2,1-2H3. The summed E-state index contributed by atoms with van der Waals surface area (Å²) in [4.78, 5) is 2.34. The topological polar surface area (TPSA) is 44.7 Å². The van der Waals surface area contributed by atoms with Gasteiger partial charge in [-0.05, 0) is 26.4 Å². The number of nitrogens with one attached hydrogen (secondary N) is 1. The lowest BCUT2D eigenvalue weighted by Crippen LogP contribution is -2.47. The molecule has 96 valence electrons. The molecular weight excluding hydrogens is 204 g/mol. The Morgan fingerprint density at radius 3 is 2.88 bits per heavy atom. The van der Waals surface area contributed by atoms with Crippen molar-refractivity contribution in [1.29, 1.82) is 0 Å². The van der Waals surface area contributed by atoms with Crippen molar-refractivity contribution in [2.75, 3.05) is 46.5 Å². The van der Waals surface area contributed by atoms with Crippen LogP contribution in [0.1, 0.15) is 19.8 Å². The lowest BCUT2D eigenvalue weighted by molar-refractivity contribution is 0.0163. The van der Waals surface area contributed by atoms with Gasteiger partial charge in [0.15, 0.2) is 0 Å². The third kappa shape index (κ3) is 4.37. The van der Waals surface area contributed by atoms with E-state index in [2.05, 4.69) is 17.1 Å². The van der Waals surface area contributed by atoms with Crippen molar-refractivity contribution in [1.82, 2.24) is 10.2 Å². The molecule has 0 radical (unpaired) electrons. The number of hydrogen-bond acceptors (Lipinski definition) is 4. The molecule has 1 aliphatic rings. The Morgan fingerprint density at radius 2 is 2.25 bits per heavy atom. The molecular formula is C12H26N2O2. The molecule has 16 heavy (non-hydrogen) atoms. The highest BCUT2D eigenvalue weighted by molar-refractivity contribution is 4.81. The van der Waals surface area contributed by atoms with Gasteiger partial charge in [-0.2, -0.15) is 0 Å². The first kappa shape index (κ1) is 13.9. The van der Waals surface area contributed by atoms with Crippen LogP contribution in [0.2, 0.25) is 0 Å². The minimum Gasteiger partial charge on any atom is -0.395 e. The molecule has 4 nitrogen and oxygen atoms in total. The Hall–Kier alpha value is -0.160. The number of hydrogen-bond donors (Lipinski definition) is 2. The van der Waals surface area contributed by atoms with Gasteiger partial charge >= 0.3 is 0 Å². The first-order valence-electron chi connectivity index (χ1n) is 6.40. The number of aliphatic hydroxyl groups excluding tert-OH is 1. The molecule has 0 aromatic rings. The Labute approximate surface area is 99.0 Å². The van der Waals surface area contributed by atoms with Crippen molar-refractivity contribution in [2.24, 2.45) is 5.92 Å². The molecule has 0 saturated carbocycles. The van der Waals surface area contributed by atoms with Gasteiger partial charge in [0.2, 0.25) is 0 Å². The fourth-order valence-corrected chi connectivity index (χ4v) is 2.44. The quantitative estimate of drug-likeness (QED) is 0.661. The van der Waals surface area contributed by atoms with Crippen molar-refractivity contribution in [3.63, 3.8) is 0 Å². The van der Waals surface area contributed by atoms with E-state index in [4.69, 9.17) is 9.84 Å². The van der Waals surface area contributed by atoms with Gasteiger partial charge in [0.25, 0.3) is 0 Å². The van der Waals surface area contributed by atoms with Gasteiger partial charge in [0.05, 0.1) is 13.2 Å². The average Bonchev–Trinajstić information content (AvgIpc) is 2.30. The summed E-state index contributed by atoms with van der Waals surface area (Å²) in [6, 6.07) is 0.562. The first-order valence-corrected chi connectivity index (χ1v) is 6.40. The SMILES string of the molecule is CCCN(CCO)CC1COCCC1NC. The van der Waals surface area contributed by atoms with Gasteiger partial charge in [-0.15, -0.1) is 0 Å². The fraction of sp³-hybridized carbons (Fsp3) is 1.00. The smallest absolute Gasteiger partial charge is 0.0558 e. The molecule has 4 heteroatoms. The summed E-state index contributed by atoms with van der Waals surface area (Å²) in [7, 11) is 2.03. The summed E-state index contributed by atoms with van der Waals surface area (Å²) >= 11 is 0. The monoisotopic (exact) mass is 230 g/mol. The van der Waals surface area contributed by atoms with E-state index in [1.54, 1.807) is 0 Å². The first-order chi connectivity index (χ1) is 7.81. The average molecular weight is 230 g/mol. The van der Waals surface area contributed by atoms with Crippen LogP contribution in [-0.2, 0) is 4.74 Å². The summed E-state index contributed by atoms with van der Waals surface area (Å²) in [5.74, 6) is 0.553. The second kappa shape index (κ2) is 8.01. The maximum Gasteiger partial charge on any atom is 0.0558 e. The minimum atomic E-state index is 0.248. The normalized spacial score (nSPS) is 26.2. The van der Waals surface area contributed by atoms with Crippen molar-refractivity contribution in [3.05, 3.63) is 0 Å². The molecule has 0 aliphatic carbocycles. The lowest BCUT2D eigenvalue weighted by atomic mass is 9.95. The van der Waals surface area contributed by atoms with Crippen LogP contribution in [0.25, 0.3) is 0 Å². The van der Waals surface area contributed by atoms with E-state index in [0.717, 1.165) is 45.7 Å². The molecule has 2 unspecified atom stereocenters. The molecule has 2 N–H and O–H groups in total. The Morgan fingerprint density at radius 1 is 1.44 bits per heavy atom.